The Bertz CT molecular complexity index is 607. The highest BCUT2D eigenvalue weighted by Crippen LogP contribution is 2.17. The van der Waals surface area contributed by atoms with Gasteiger partial charge in [-0.1, -0.05) is 48.2 Å². The average molecular weight is 288 g/mol. The molecule has 0 atom stereocenters. The molecule has 0 fully saturated rings. The minimum atomic E-state index is -0.359. The number of rotatable bonds is 6. The summed E-state index contributed by atoms with van der Waals surface area (Å²) >= 11 is 1.30. The van der Waals surface area contributed by atoms with Crippen molar-refractivity contribution >= 4 is 29.8 Å². The predicted molar refractivity (Wildman–Crippen MR) is 81.0 cm³/mol. The Balaban J connectivity index is 2.16. The van der Waals surface area contributed by atoms with Crippen LogP contribution in [0.25, 0.3) is 12.2 Å². The number of amides is 1. The number of hydrogen-bond acceptors (Lipinski definition) is 4. The number of nitrogens with two attached hydrogens (primary N) is 1. The zero-order chi connectivity index (χ0) is 14.4. The van der Waals surface area contributed by atoms with Crippen LogP contribution in [-0.2, 0) is 11.3 Å². The van der Waals surface area contributed by atoms with E-state index in [-0.39, 0.29) is 11.7 Å². The van der Waals surface area contributed by atoms with E-state index in [0.29, 0.717) is 5.16 Å². The molecule has 20 heavy (non-hydrogen) atoms. The number of aromatic nitrogens is 3. The van der Waals surface area contributed by atoms with Crippen LogP contribution < -0.4 is 5.73 Å². The van der Waals surface area contributed by atoms with Gasteiger partial charge in [0.2, 0.25) is 5.91 Å². The Kier molecular flexibility index (Phi) is 4.95. The van der Waals surface area contributed by atoms with Crippen molar-refractivity contribution in [3.05, 3.63) is 41.7 Å². The summed E-state index contributed by atoms with van der Waals surface area (Å²) in [5.74, 6) is 0.617. The van der Waals surface area contributed by atoms with E-state index >= 15 is 0 Å². The summed E-state index contributed by atoms with van der Waals surface area (Å²) < 4.78 is 1.95. The standard InChI is InChI=1S/C14H16N4OS/c1-2-18-13(9-8-11-6-4-3-5-7-11)16-17-14(18)20-10-12(15)19/h3-9H,2,10H2,1H3,(H2,15,19). The van der Waals surface area contributed by atoms with E-state index in [4.69, 9.17) is 5.73 Å². The first kappa shape index (κ1) is 14.3. The first-order chi connectivity index (χ1) is 9.70. The Morgan fingerprint density at radius 3 is 2.70 bits per heavy atom. The van der Waals surface area contributed by atoms with Crippen LogP contribution in [0.1, 0.15) is 18.3 Å². The van der Waals surface area contributed by atoms with Gasteiger partial charge in [0, 0.05) is 6.54 Å². The first-order valence-electron chi connectivity index (χ1n) is 6.28. The Morgan fingerprint density at radius 1 is 1.30 bits per heavy atom. The number of benzene rings is 1. The van der Waals surface area contributed by atoms with Gasteiger partial charge in [-0.15, -0.1) is 10.2 Å². The highest BCUT2D eigenvalue weighted by Gasteiger charge is 2.09. The van der Waals surface area contributed by atoms with Crippen molar-refractivity contribution in [2.75, 3.05) is 5.75 Å². The lowest BCUT2D eigenvalue weighted by Crippen LogP contribution is -2.13. The number of thioether (sulfide) groups is 1. The van der Waals surface area contributed by atoms with E-state index in [9.17, 15) is 4.79 Å². The normalized spacial score (nSPS) is 11.1. The van der Waals surface area contributed by atoms with Crippen molar-refractivity contribution in [1.29, 1.82) is 0 Å². The molecule has 5 nitrogen and oxygen atoms in total. The molecular weight excluding hydrogens is 272 g/mol. The molecule has 1 aromatic heterocycles. The summed E-state index contributed by atoms with van der Waals surface area (Å²) in [4.78, 5) is 10.8. The largest absolute Gasteiger partial charge is 0.369 e. The molecule has 0 radical (unpaired) electrons. The molecule has 0 spiro atoms. The molecule has 104 valence electrons. The molecule has 1 amide bonds. The highest BCUT2D eigenvalue weighted by atomic mass is 32.2. The van der Waals surface area contributed by atoms with Crippen molar-refractivity contribution in [1.82, 2.24) is 14.8 Å². The van der Waals surface area contributed by atoms with E-state index < -0.39 is 0 Å². The van der Waals surface area contributed by atoms with Crippen molar-refractivity contribution in [2.24, 2.45) is 5.73 Å². The molecule has 0 aliphatic rings. The molecule has 1 aromatic carbocycles. The molecule has 0 saturated carbocycles. The Hall–Kier alpha value is -2.08. The van der Waals surface area contributed by atoms with Crippen LogP contribution in [-0.4, -0.2) is 26.4 Å². The van der Waals surface area contributed by atoms with Gasteiger partial charge in [0.25, 0.3) is 0 Å². The lowest BCUT2D eigenvalue weighted by Gasteiger charge is -2.03. The summed E-state index contributed by atoms with van der Waals surface area (Å²) in [6.07, 6.45) is 3.90. The molecule has 6 heteroatoms. The summed E-state index contributed by atoms with van der Waals surface area (Å²) in [5, 5.41) is 8.93. The number of nitrogens with zero attached hydrogens (tertiary/aromatic N) is 3. The average Bonchev–Trinajstić information content (AvgIpc) is 2.86. The minimum absolute atomic E-state index is 0.209. The second-order valence-electron chi connectivity index (χ2n) is 4.08. The molecule has 0 aliphatic heterocycles. The van der Waals surface area contributed by atoms with Gasteiger partial charge >= 0.3 is 0 Å². The quantitative estimate of drug-likeness (QED) is 0.826. The van der Waals surface area contributed by atoms with Gasteiger partial charge in [0.1, 0.15) is 0 Å². The van der Waals surface area contributed by atoms with Crippen LogP contribution >= 0.6 is 11.8 Å². The van der Waals surface area contributed by atoms with Crippen LogP contribution in [0, 0.1) is 0 Å². The van der Waals surface area contributed by atoms with Gasteiger partial charge in [0.15, 0.2) is 11.0 Å². The minimum Gasteiger partial charge on any atom is -0.369 e. The van der Waals surface area contributed by atoms with Gasteiger partial charge in [-0.25, -0.2) is 0 Å². The van der Waals surface area contributed by atoms with Crippen LogP contribution in [0.3, 0.4) is 0 Å². The maximum absolute atomic E-state index is 10.8. The summed E-state index contributed by atoms with van der Waals surface area (Å²) in [6.45, 7) is 2.75. The molecule has 0 saturated heterocycles. The van der Waals surface area contributed by atoms with Gasteiger partial charge in [0.05, 0.1) is 5.75 Å². The van der Waals surface area contributed by atoms with Crippen LogP contribution in [0.4, 0.5) is 0 Å². The third kappa shape index (κ3) is 3.71. The Morgan fingerprint density at radius 2 is 2.05 bits per heavy atom. The highest BCUT2D eigenvalue weighted by molar-refractivity contribution is 7.99. The molecule has 0 aliphatic carbocycles. The fourth-order valence-corrected chi connectivity index (χ4v) is 2.45. The molecule has 2 rings (SSSR count). The molecule has 0 bridgehead atoms. The number of hydrogen-bond donors (Lipinski definition) is 1. The van der Waals surface area contributed by atoms with Gasteiger partial charge in [-0.05, 0) is 18.6 Å². The maximum Gasteiger partial charge on any atom is 0.227 e. The number of primary amides is 1. The lowest BCUT2D eigenvalue weighted by molar-refractivity contribution is -0.115. The molecular formula is C14H16N4OS. The van der Waals surface area contributed by atoms with E-state index in [1.165, 1.54) is 11.8 Å². The van der Waals surface area contributed by atoms with E-state index in [1.807, 2.05) is 54.0 Å². The second kappa shape index (κ2) is 6.91. The number of carbonyl (C=O) groups is 1. The third-order valence-electron chi connectivity index (χ3n) is 2.63. The molecule has 2 aromatic rings. The van der Waals surface area contributed by atoms with Crippen molar-refractivity contribution in [3.8, 4) is 0 Å². The fourth-order valence-electron chi connectivity index (χ4n) is 1.70. The fraction of sp³-hybridized carbons (Fsp3) is 0.214. The molecule has 0 unspecified atom stereocenters. The molecule has 1 heterocycles. The zero-order valence-corrected chi connectivity index (χ0v) is 12.0. The van der Waals surface area contributed by atoms with Crippen LogP contribution in [0.5, 0.6) is 0 Å². The predicted octanol–water partition coefficient (Wildman–Crippen LogP) is 2.05. The van der Waals surface area contributed by atoms with E-state index in [1.54, 1.807) is 0 Å². The monoisotopic (exact) mass is 288 g/mol. The summed E-state index contributed by atoms with van der Waals surface area (Å²) in [6, 6.07) is 9.99. The van der Waals surface area contributed by atoms with Crippen LogP contribution in [0.15, 0.2) is 35.5 Å². The zero-order valence-electron chi connectivity index (χ0n) is 11.2. The smallest absolute Gasteiger partial charge is 0.227 e. The summed E-state index contributed by atoms with van der Waals surface area (Å²) in [5.41, 5.74) is 6.24. The third-order valence-corrected chi connectivity index (χ3v) is 3.62. The van der Waals surface area contributed by atoms with Crippen LogP contribution in [0.2, 0.25) is 0 Å². The summed E-state index contributed by atoms with van der Waals surface area (Å²) in [7, 11) is 0. The van der Waals surface area contributed by atoms with E-state index in [2.05, 4.69) is 10.2 Å². The Labute approximate surface area is 121 Å². The van der Waals surface area contributed by atoms with Gasteiger partial charge in [-0.2, -0.15) is 0 Å². The number of carbonyl (C=O) groups excluding carboxylic acids is 1. The van der Waals surface area contributed by atoms with Gasteiger partial charge in [-0.3, -0.25) is 4.79 Å². The van der Waals surface area contributed by atoms with Gasteiger partial charge < -0.3 is 10.3 Å². The van der Waals surface area contributed by atoms with E-state index in [0.717, 1.165) is 17.9 Å². The SMILES string of the molecule is CCn1c(C=Cc2ccccc2)nnc1SCC(N)=O. The molecule has 2 N–H and O–H groups in total. The van der Waals surface area contributed by atoms with Crippen molar-refractivity contribution in [3.63, 3.8) is 0 Å². The first-order valence-corrected chi connectivity index (χ1v) is 7.26. The van der Waals surface area contributed by atoms with Crippen molar-refractivity contribution in [2.45, 2.75) is 18.6 Å². The van der Waals surface area contributed by atoms with Crippen molar-refractivity contribution < 1.29 is 4.79 Å². The second-order valence-corrected chi connectivity index (χ2v) is 5.03. The maximum atomic E-state index is 10.8. The lowest BCUT2D eigenvalue weighted by atomic mass is 10.2. The topological polar surface area (TPSA) is 73.8 Å².